The van der Waals surface area contributed by atoms with Gasteiger partial charge in [-0.3, -0.25) is 9.78 Å². The summed E-state index contributed by atoms with van der Waals surface area (Å²) in [6.07, 6.45) is 5.33. The lowest BCUT2D eigenvalue weighted by atomic mass is 10.0. The second-order valence-electron chi connectivity index (χ2n) is 6.32. The first-order valence-electron chi connectivity index (χ1n) is 8.36. The first-order chi connectivity index (χ1) is 12.1. The first-order valence-corrected chi connectivity index (χ1v) is 8.36. The molecule has 7 nitrogen and oxygen atoms in total. The molecule has 0 atom stereocenters. The Morgan fingerprint density at radius 3 is 2.60 bits per heavy atom. The van der Waals surface area contributed by atoms with Gasteiger partial charge in [0.1, 0.15) is 5.82 Å². The summed E-state index contributed by atoms with van der Waals surface area (Å²) in [4.78, 5) is 22.2. The number of anilines is 2. The average Bonchev–Trinajstić information content (AvgIpc) is 3.03. The van der Waals surface area contributed by atoms with Gasteiger partial charge in [-0.15, -0.1) is 0 Å². The molecule has 0 radical (unpaired) electrons. The third-order valence-electron chi connectivity index (χ3n) is 4.89. The first kappa shape index (κ1) is 15.4. The highest BCUT2D eigenvalue weighted by molar-refractivity contribution is 5.95. The summed E-state index contributed by atoms with van der Waals surface area (Å²) < 4.78 is 1.88. The molecule has 1 fully saturated rings. The standard InChI is InChI=1S/C18H20N6O/c19-17-16(18(20)25)22-11-24(17)12-6-9-23(10-7-12)15-5-8-21-14-4-2-1-3-13(14)15/h1-5,8,11-12H,6-7,9-10,19H2,(H2,20,25). The van der Waals surface area contributed by atoms with Gasteiger partial charge in [0.25, 0.3) is 5.91 Å². The van der Waals surface area contributed by atoms with Gasteiger partial charge in [0.2, 0.25) is 0 Å². The molecule has 128 valence electrons. The van der Waals surface area contributed by atoms with Crippen LogP contribution in [0, 0.1) is 0 Å². The van der Waals surface area contributed by atoms with E-state index < -0.39 is 5.91 Å². The van der Waals surface area contributed by atoms with E-state index in [0.717, 1.165) is 31.4 Å². The summed E-state index contributed by atoms with van der Waals surface area (Å²) >= 11 is 0. The van der Waals surface area contributed by atoms with Gasteiger partial charge in [-0.1, -0.05) is 18.2 Å². The zero-order valence-corrected chi connectivity index (χ0v) is 13.8. The van der Waals surface area contributed by atoms with Crippen LogP contribution in [0.4, 0.5) is 11.5 Å². The summed E-state index contributed by atoms with van der Waals surface area (Å²) in [7, 11) is 0. The van der Waals surface area contributed by atoms with E-state index in [2.05, 4.69) is 27.0 Å². The zero-order valence-electron chi connectivity index (χ0n) is 13.8. The highest BCUT2D eigenvalue weighted by atomic mass is 16.1. The Labute approximate surface area is 145 Å². The van der Waals surface area contributed by atoms with Gasteiger partial charge in [-0.05, 0) is 25.0 Å². The van der Waals surface area contributed by atoms with Crippen LogP contribution in [0.25, 0.3) is 10.9 Å². The molecule has 4 N–H and O–H groups in total. The van der Waals surface area contributed by atoms with Crippen molar-refractivity contribution in [3.05, 3.63) is 48.5 Å². The number of carbonyl (C=O) groups excluding carboxylic acids is 1. The molecule has 3 aromatic rings. The lowest BCUT2D eigenvalue weighted by molar-refractivity contribution is 0.0997. The fraction of sp³-hybridized carbons (Fsp3) is 0.278. The lowest BCUT2D eigenvalue weighted by Crippen LogP contribution is -2.35. The minimum absolute atomic E-state index is 0.155. The van der Waals surface area contributed by atoms with Gasteiger partial charge in [-0.25, -0.2) is 4.98 Å². The maximum absolute atomic E-state index is 11.3. The van der Waals surface area contributed by atoms with Crippen molar-refractivity contribution >= 4 is 28.3 Å². The van der Waals surface area contributed by atoms with Crippen LogP contribution in [0.5, 0.6) is 0 Å². The molecular weight excluding hydrogens is 316 g/mol. The average molecular weight is 336 g/mol. The molecule has 0 bridgehead atoms. The summed E-state index contributed by atoms with van der Waals surface area (Å²) in [5.74, 6) is -0.225. The van der Waals surface area contributed by atoms with Gasteiger partial charge in [0, 0.05) is 36.4 Å². The predicted octanol–water partition coefficient (Wildman–Crippen LogP) is 1.95. The Hall–Kier alpha value is -3.09. The molecule has 1 amide bonds. The molecule has 3 heterocycles. The Bertz CT molecular complexity index is 921. The normalized spacial score (nSPS) is 15.6. The molecular formula is C18H20N6O. The number of amides is 1. The van der Waals surface area contributed by atoms with Crippen LogP contribution in [-0.2, 0) is 0 Å². The Morgan fingerprint density at radius 2 is 1.88 bits per heavy atom. The largest absolute Gasteiger partial charge is 0.383 e. The van der Waals surface area contributed by atoms with Crippen molar-refractivity contribution < 1.29 is 4.79 Å². The topological polar surface area (TPSA) is 103 Å². The summed E-state index contributed by atoms with van der Waals surface area (Å²) in [6.45, 7) is 1.81. The van der Waals surface area contributed by atoms with Crippen LogP contribution in [0.1, 0.15) is 29.4 Å². The van der Waals surface area contributed by atoms with Crippen LogP contribution in [0.3, 0.4) is 0 Å². The Morgan fingerprint density at radius 1 is 1.12 bits per heavy atom. The van der Waals surface area contributed by atoms with E-state index in [-0.39, 0.29) is 11.7 Å². The molecule has 0 saturated carbocycles. The van der Waals surface area contributed by atoms with Crippen molar-refractivity contribution in [2.24, 2.45) is 5.73 Å². The Balaban J connectivity index is 1.54. The smallest absolute Gasteiger partial charge is 0.271 e. The molecule has 1 aromatic carbocycles. The van der Waals surface area contributed by atoms with Crippen molar-refractivity contribution in [3.63, 3.8) is 0 Å². The molecule has 4 rings (SSSR count). The predicted molar refractivity (Wildman–Crippen MR) is 97.4 cm³/mol. The second-order valence-corrected chi connectivity index (χ2v) is 6.32. The van der Waals surface area contributed by atoms with E-state index in [0.29, 0.717) is 5.82 Å². The molecule has 1 aliphatic rings. The maximum Gasteiger partial charge on any atom is 0.271 e. The Kier molecular flexibility index (Phi) is 3.76. The van der Waals surface area contributed by atoms with E-state index in [4.69, 9.17) is 11.5 Å². The number of imidazole rings is 1. The number of nitrogens with two attached hydrogens (primary N) is 2. The molecule has 1 saturated heterocycles. The third-order valence-corrected chi connectivity index (χ3v) is 4.89. The number of pyridine rings is 1. The molecule has 7 heteroatoms. The molecule has 2 aromatic heterocycles. The fourth-order valence-corrected chi connectivity index (χ4v) is 3.59. The molecule has 25 heavy (non-hydrogen) atoms. The van der Waals surface area contributed by atoms with Gasteiger partial charge in [-0.2, -0.15) is 0 Å². The number of benzene rings is 1. The number of fused-ring (bicyclic) bond motifs is 1. The molecule has 1 aliphatic heterocycles. The van der Waals surface area contributed by atoms with E-state index >= 15 is 0 Å². The number of nitrogen functional groups attached to an aromatic ring is 1. The monoisotopic (exact) mass is 336 g/mol. The summed E-state index contributed by atoms with van der Waals surface area (Å²) in [6, 6.07) is 10.5. The maximum atomic E-state index is 11.3. The van der Waals surface area contributed by atoms with Crippen molar-refractivity contribution in [1.29, 1.82) is 0 Å². The van der Waals surface area contributed by atoms with Crippen LogP contribution in [0.15, 0.2) is 42.9 Å². The van der Waals surface area contributed by atoms with Crippen LogP contribution in [-0.4, -0.2) is 33.5 Å². The van der Waals surface area contributed by atoms with E-state index in [1.54, 1.807) is 6.33 Å². The van der Waals surface area contributed by atoms with E-state index in [9.17, 15) is 4.79 Å². The zero-order chi connectivity index (χ0) is 17.4. The van der Waals surface area contributed by atoms with Crippen molar-refractivity contribution in [1.82, 2.24) is 14.5 Å². The SMILES string of the molecule is NC(=O)c1ncn(C2CCN(c3ccnc4ccccc34)CC2)c1N. The summed E-state index contributed by atoms with van der Waals surface area (Å²) in [5, 5.41) is 1.17. The van der Waals surface area contributed by atoms with Gasteiger partial charge >= 0.3 is 0 Å². The number of primary amides is 1. The highest BCUT2D eigenvalue weighted by Gasteiger charge is 2.25. The number of hydrogen-bond donors (Lipinski definition) is 2. The van der Waals surface area contributed by atoms with Crippen LogP contribution >= 0.6 is 0 Å². The van der Waals surface area contributed by atoms with Crippen molar-refractivity contribution in [3.8, 4) is 0 Å². The number of rotatable bonds is 3. The van der Waals surface area contributed by atoms with Gasteiger partial charge in [0.05, 0.1) is 11.8 Å². The van der Waals surface area contributed by atoms with Crippen LogP contribution in [0.2, 0.25) is 0 Å². The van der Waals surface area contributed by atoms with Crippen LogP contribution < -0.4 is 16.4 Å². The summed E-state index contributed by atoms with van der Waals surface area (Å²) in [5.41, 5.74) is 13.7. The number of nitrogens with zero attached hydrogens (tertiary/aromatic N) is 4. The molecule has 0 aliphatic carbocycles. The minimum Gasteiger partial charge on any atom is -0.383 e. The van der Waals surface area contributed by atoms with Gasteiger partial charge < -0.3 is 20.9 Å². The van der Waals surface area contributed by atoms with Gasteiger partial charge in [0.15, 0.2) is 5.69 Å². The number of piperidine rings is 1. The highest BCUT2D eigenvalue weighted by Crippen LogP contribution is 2.32. The molecule has 0 spiro atoms. The van der Waals surface area contributed by atoms with Crippen molar-refractivity contribution in [2.75, 3.05) is 23.7 Å². The minimum atomic E-state index is -0.586. The number of para-hydroxylation sites is 1. The fourth-order valence-electron chi connectivity index (χ4n) is 3.59. The van der Waals surface area contributed by atoms with E-state index in [1.807, 2.05) is 29.0 Å². The molecule has 0 unspecified atom stereocenters. The lowest BCUT2D eigenvalue weighted by Gasteiger charge is -2.35. The van der Waals surface area contributed by atoms with Crippen molar-refractivity contribution in [2.45, 2.75) is 18.9 Å². The third kappa shape index (κ3) is 2.67. The number of hydrogen-bond acceptors (Lipinski definition) is 5. The van der Waals surface area contributed by atoms with E-state index in [1.165, 1.54) is 11.1 Å². The quantitative estimate of drug-likeness (QED) is 0.761. The number of carbonyl (C=O) groups is 1. The second kappa shape index (κ2) is 6.08. The number of aromatic nitrogens is 3.